The van der Waals surface area contributed by atoms with E-state index in [4.69, 9.17) is 9.47 Å². The van der Waals surface area contributed by atoms with Crippen molar-refractivity contribution in [3.8, 4) is 11.5 Å². The molecule has 0 fully saturated rings. The molecule has 0 bridgehead atoms. The van der Waals surface area contributed by atoms with Crippen LogP contribution in [0.5, 0.6) is 11.5 Å². The first kappa shape index (κ1) is 16.8. The van der Waals surface area contributed by atoms with E-state index in [1.807, 2.05) is 0 Å². The molecule has 4 nitrogen and oxygen atoms in total. The molecule has 2 aromatic rings. The lowest BCUT2D eigenvalue weighted by molar-refractivity contribution is 0.430. The lowest BCUT2D eigenvalue weighted by Gasteiger charge is -2.08. The summed E-state index contributed by atoms with van der Waals surface area (Å²) in [6.45, 7) is 10.7. The van der Waals surface area contributed by atoms with Crippen LogP contribution < -0.4 is 9.47 Å². The van der Waals surface area contributed by atoms with E-state index in [1.165, 1.54) is 24.3 Å². The third kappa shape index (κ3) is 4.23. The van der Waals surface area contributed by atoms with Gasteiger partial charge in [0.2, 0.25) is 9.84 Å². The van der Waals surface area contributed by atoms with Crippen LogP contribution in [0.2, 0.25) is 0 Å². The maximum atomic E-state index is 12.6. The predicted molar refractivity (Wildman–Crippen MR) is 89.2 cm³/mol. The first-order chi connectivity index (χ1) is 10.8. The summed E-state index contributed by atoms with van der Waals surface area (Å²) in [5, 5.41) is 0. The van der Waals surface area contributed by atoms with E-state index in [0.717, 1.165) is 0 Å². The summed E-state index contributed by atoms with van der Waals surface area (Å²) in [6.07, 6.45) is 0. The maximum absolute atomic E-state index is 12.6. The van der Waals surface area contributed by atoms with Crippen LogP contribution in [0, 0.1) is 0 Å². The molecule has 0 spiro atoms. The highest BCUT2D eigenvalue weighted by molar-refractivity contribution is 7.91. The van der Waals surface area contributed by atoms with Gasteiger partial charge in [-0.2, -0.15) is 0 Å². The fourth-order valence-electron chi connectivity index (χ4n) is 1.91. The first-order valence-corrected chi connectivity index (χ1v) is 8.39. The molecule has 0 N–H and O–H groups in total. The number of benzene rings is 2. The van der Waals surface area contributed by atoms with E-state index in [-0.39, 0.29) is 9.79 Å². The van der Waals surface area contributed by atoms with Gasteiger partial charge >= 0.3 is 0 Å². The third-order valence-corrected chi connectivity index (χ3v) is 4.64. The highest BCUT2D eigenvalue weighted by Gasteiger charge is 2.17. The summed E-state index contributed by atoms with van der Waals surface area (Å²) in [5.41, 5.74) is 0. The van der Waals surface area contributed by atoms with Gasteiger partial charge in [0.15, 0.2) is 0 Å². The van der Waals surface area contributed by atoms with E-state index in [1.54, 1.807) is 38.1 Å². The van der Waals surface area contributed by atoms with Gasteiger partial charge in [-0.3, -0.25) is 0 Å². The van der Waals surface area contributed by atoms with Crippen molar-refractivity contribution in [1.29, 1.82) is 0 Å². The fraction of sp³-hybridized carbons (Fsp3) is 0.111. The van der Waals surface area contributed by atoms with E-state index in [2.05, 4.69) is 13.2 Å². The third-order valence-electron chi connectivity index (χ3n) is 2.85. The molecule has 2 rings (SSSR count). The SMILES string of the molecule is C=C(C)Oc1ccc(S(=O)(=O)c2ccc(OC(=C)C)cc2)cc1. The molecule has 0 unspecified atom stereocenters. The van der Waals surface area contributed by atoms with Gasteiger partial charge < -0.3 is 9.47 Å². The van der Waals surface area contributed by atoms with Gasteiger partial charge in [0.25, 0.3) is 0 Å². The van der Waals surface area contributed by atoms with Crippen molar-refractivity contribution in [3.05, 3.63) is 73.2 Å². The molecule has 0 saturated carbocycles. The standard InChI is InChI=1S/C18H18O4S/c1-13(2)21-15-5-9-17(10-6-15)23(19,20)18-11-7-16(8-12-18)22-14(3)4/h5-12H,1,3H2,2,4H3. The summed E-state index contributed by atoms with van der Waals surface area (Å²) in [5.74, 6) is 2.16. The van der Waals surface area contributed by atoms with Gasteiger partial charge in [0, 0.05) is 0 Å². The number of hydrogen-bond acceptors (Lipinski definition) is 4. The number of ether oxygens (including phenoxy) is 2. The molecule has 23 heavy (non-hydrogen) atoms. The zero-order chi connectivity index (χ0) is 17.0. The van der Waals surface area contributed by atoms with Crippen molar-refractivity contribution >= 4 is 9.84 Å². The Kier molecular flexibility index (Phi) is 4.91. The van der Waals surface area contributed by atoms with Gasteiger partial charge in [-0.1, -0.05) is 13.2 Å². The molecule has 2 aromatic carbocycles. The van der Waals surface area contributed by atoms with E-state index in [0.29, 0.717) is 23.0 Å². The van der Waals surface area contributed by atoms with Gasteiger partial charge in [0.05, 0.1) is 21.3 Å². The predicted octanol–water partition coefficient (Wildman–Crippen LogP) is 4.34. The largest absolute Gasteiger partial charge is 0.463 e. The number of allylic oxidation sites excluding steroid dienone is 2. The van der Waals surface area contributed by atoms with Crippen LogP contribution in [-0.2, 0) is 9.84 Å². The normalized spacial score (nSPS) is 10.9. The summed E-state index contributed by atoms with van der Waals surface area (Å²) in [4.78, 5) is 0.389. The maximum Gasteiger partial charge on any atom is 0.206 e. The van der Waals surface area contributed by atoms with E-state index >= 15 is 0 Å². The van der Waals surface area contributed by atoms with Crippen molar-refractivity contribution < 1.29 is 17.9 Å². The summed E-state index contributed by atoms with van der Waals surface area (Å²) >= 11 is 0. The molecular formula is C18H18O4S. The fourth-order valence-corrected chi connectivity index (χ4v) is 3.17. The van der Waals surface area contributed by atoms with Gasteiger partial charge in [-0.15, -0.1) is 0 Å². The minimum atomic E-state index is -3.59. The summed E-state index contributed by atoms with van der Waals surface area (Å²) in [6, 6.07) is 12.4. The Bertz CT molecular complexity index is 751. The van der Waals surface area contributed by atoms with Crippen LogP contribution in [0.25, 0.3) is 0 Å². The molecule has 0 amide bonds. The molecule has 0 aliphatic heterocycles. The van der Waals surface area contributed by atoms with Crippen LogP contribution in [0.15, 0.2) is 83.0 Å². The Morgan fingerprint density at radius 2 is 1.04 bits per heavy atom. The molecule has 0 saturated heterocycles. The molecule has 0 aliphatic carbocycles. The van der Waals surface area contributed by atoms with E-state index < -0.39 is 9.84 Å². The Hall–Kier alpha value is -2.53. The molecule has 0 radical (unpaired) electrons. The van der Waals surface area contributed by atoms with Gasteiger partial charge in [0.1, 0.15) is 11.5 Å². The minimum absolute atomic E-state index is 0.195. The van der Waals surface area contributed by atoms with E-state index in [9.17, 15) is 8.42 Å². The van der Waals surface area contributed by atoms with Crippen LogP contribution in [0.1, 0.15) is 13.8 Å². The second-order valence-electron chi connectivity index (χ2n) is 5.05. The molecule has 120 valence electrons. The second kappa shape index (κ2) is 6.71. The topological polar surface area (TPSA) is 52.6 Å². The smallest absolute Gasteiger partial charge is 0.206 e. The number of rotatable bonds is 6. The molecule has 0 aromatic heterocycles. The Morgan fingerprint density at radius 1 is 0.739 bits per heavy atom. The van der Waals surface area contributed by atoms with Crippen molar-refractivity contribution in [2.75, 3.05) is 0 Å². The second-order valence-corrected chi connectivity index (χ2v) is 7.00. The zero-order valence-corrected chi connectivity index (χ0v) is 13.9. The van der Waals surface area contributed by atoms with Crippen LogP contribution >= 0.6 is 0 Å². The van der Waals surface area contributed by atoms with Crippen molar-refractivity contribution in [3.63, 3.8) is 0 Å². The van der Waals surface area contributed by atoms with Crippen molar-refractivity contribution in [2.45, 2.75) is 23.6 Å². The molecule has 0 atom stereocenters. The Labute approximate surface area is 136 Å². The summed E-state index contributed by atoms with van der Waals surface area (Å²) < 4.78 is 35.8. The monoisotopic (exact) mass is 330 g/mol. The minimum Gasteiger partial charge on any atom is -0.463 e. The molecule has 0 aliphatic rings. The Morgan fingerprint density at radius 3 is 1.30 bits per heavy atom. The van der Waals surface area contributed by atoms with Crippen molar-refractivity contribution in [2.24, 2.45) is 0 Å². The van der Waals surface area contributed by atoms with Gasteiger partial charge in [-0.05, 0) is 62.4 Å². The Balaban J connectivity index is 2.27. The zero-order valence-electron chi connectivity index (χ0n) is 13.1. The average Bonchev–Trinajstić information content (AvgIpc) is 2.47. The first-order valence-electron chi connectivity index (χ1n) is 6.91. The number of sulfone groups is 1. The van der Waals surface area contributed by atoms with Crippen LogP contribution in [0.4, 0.5) is 0 Å². The quantitative estimate of drug-likeness (QED) is 0.739. The highest BCUT2D eigenvalue weighted by Crippen LogP contribution is 2.25. The molecular weight excluding hydrogens is 312 g/mol. The van der Waals surface area contributed by atoms with Gasteiger partial charge in [-0.25, -0.2) is 8.42 Å². The summed E-state index contributed by atoms with van der Waals surface area (Å²) in [7, 11) is -3.59. The molecule has 0 heterocycles. The highest BCUT2D eigenvalue weighted by atomic mass is 32.2. The molecule has 5 heteroatoms. The van der Waals surface area contributed by atoms with Crippen LogP contribution in [-0.4, -0.2) is 8.42 Å². The van der Waals surface area contributed by atoms with Crippen LogP contribution in [0.3, 0.4) is 0 Å². The van der Waals surface area contributed by atoms with Crippen molar-refractivity contribution in [1.82, 2.24) is 0 Å². The average molecular weight is 330 g/mol. The number of hydrogen-bond donors (Lipinski definition) is 0. The lowest BCUT2D eigenvalue weighted by atomic mass is 10.3. The lowest BCUT2D eigenvalue weighted by Crippen LogP contribution is -2.02.